The molecule has 0 aliphatic heterocycles. The highest BCUT2D eigenvalue weighted by molar-refractivity contribution is 14.1. The first kappa shape index (κ1) is 15.9. The molecule has 0 N–H and O–H groups in total. The van der Waals surface area contributed by atoms with Crippen LogP contribution in [-0.4, -0.2) is 28.3 Å². The maximum Gasteiger partial charge on any atom is 0.122 e. The zero-order chi connectivity index (χ0) is 14.4. The normalized spacial score (nSPS) is 18.7. The number of carbonyl (C=O) groups is 1. The molecule has 1 heterocycles. The van der Waals surface area contributed by atoms with Crippen LogP contribution in [0.5, 0.6) is 0 Å². The van der Waals surface area contributed by atoms with Crippen LogP contribution in [0.3, 0.4) is 0 Å². The number of rotatable bonds is 6. The maximum atomic E-state index is 10.5. The molecule has 0 saturated heterocycles. The lowest BCUT2D eigenvalue weighted by atomic mass is 9.94. The number of halogens is 1. The summed E-state index contributed by atoms with van der Waals surface area (Å²) >= 11 is 2.32. The molecule has 0 spiro atoms. The van der Waals surface area contributed by atoms with Crippen LogP contribution in [0.1, 0.15) is 50.6 Å². The Morgan fingerprint density at radius 2 is 2.10 bits per heavy atom. The molecule has 1 aliphatic rings. The molecular weight excluding hydrogens is 367 g/mol. The Kier molecular flexibility index (Phi) is 6.01. The highest BCUT2D eigenvalue weighted by Crippen LogP contribution is 2.32. The lowest BCUT2D eigenvalue weighted by Crippen LogP contribution is -2.38. The molecule has 4 nitrogen and oxygen atoms in total. The lowest BCUT2D eigenvalue weighted by molar-refractivity contribution is -0.112. The van der Waals surface area contributed by atoms with Gasteiger partial charge in [-0.2, -0.15) is 5.10 Å². The molecule has 0 bridgehead atoms. The Morgan fingerprint density at radius 3 is 2.65 bits per heavy atom. The predicted octanol–water partition coefficient (Wildman–Crippen LogP) is 3.49. The van der Waals surface area contributed by atoms with Crippen molar-refractivity contribution >= 4 is 28.9 Å². The van der Waals surface area contributed by atoms with Crippen LogP contribution in [0.2, 0.25) is 0 Å². The average molecular weight is 390 g/mol. The number of ether oxygens (including phenoxy) is 1. The number of aromatic nitrogens is 2. The summed E-state index contributed by atoms with van der Waals surface area (Å²) in [6.07, 6.45) is 10.5. The van der Waals surface area contributed by atoms with Crippen molar-refractivity contribution in [1.29, 1.82) is 0 Å². The number of hydrogen-bond donors (Lipinski definition) is 0. The summed E-state index contributed by atoms with van der Waals surface area (Å²) in [5.74, 6) is 0. The van der Waals surface area contributed by atoms with Crippen LogP contribution in [0.15, 0.2) is 6.20 Å². The summed E-state index contributed by atoms with van der Waals surface area (Å²) in [5.41, 5.74) is 1.06. The fraction of sp³-hybridized carbons (Fsp3) is 0.733. The molecule has 0 radical (unpaired) electrons. The van der Waals surface area contributed by atoms with Crippen LogP contribution in [-0.2, 0) is 16.1 Å². The highest BCUT2D eigenvalue weighted by atomic mass is 127. The van der Waals surface area contributed by atoms with Crippen LogP contribution < -0.4 is 0 Å². The third-order valence-electron chi connectivity index (χ3n) is 4.14. The molecule has 5 heteroatoms. The Morgan fingerprint density at radius 1 is 1.40 bits per heavy atom. The minimum Gasteiger partial charge on any atom is -0.373 e. The fourth-order valence-corrected chi connectivity index (χ4v) is 3.30. The smallest absolute Gasteiger partial charge is 0.122 e. The Hall–Kier alpha value is -0.430. The summed E-state index contributed by atoms with van der Waals surface area (Å²) < 4.78 is 9.42. The van der Waals surface area contributed by atoms with Gasteiger partial charge in [0.1, 0.15) is 6.29 Å². The molecule has 0 unspecified atom stereocenters. The Balaban J connectivity index is 2.12. The van der Waals surface area contributed by atoms with E-state index in [1.54, 1.807) is 0 Å². The first-order valence-corrected chi connectivity index (χ1v) is 8.50. The summed E-state index contributed by atoms with van der Waals surface area (Å²) in [6.45, 7) is 3.44. The van der Waals surface area contributed by atoms with Gasteiger partial charge in [-0.3, -0.25) is 4.68 Å². The van der Waals surface area contributed by atoms with Gasteiger partial charge < -0.3 is 9.53 Å². The van der Waals surface area contributed by atoms with Gasteiger partial charge in [-0.25, -0.2) is 0 Å². The van der Waals surface area contributed by atoms with E-state index in [9.17, 15) is 4.79 Å². The second kappa shape index (κ2) is 7.54. The third kappa shape index (κ3) is 4.04. The van der Waals surface area contributed by atoms with Crippen molar-refractivity contribution in [3.63, 3.8) is 0 Å². The van der Waals surface area contributed by atoms with E-state index in [1.807, 2.05) is 6.20 Å². The highest BCUT2D eigenvalue weighted by Gasteiger charge is 2.33. The van der Waals surface area contributed by atoms with E-state index in [2.05, 4.69) is 39.3 Å². The molecule has 1 fully saturated rings. The molecule has 112 valence electrons. The van der Waals surface area contributed by atoms with Crippen LogP contribution in [0, 0.1) is 10.5 Å². The van der Waals surface area contributed by atoms with Crippen molar-refractivity contribution in [1.82, 2.24) is 9.78 Å². The van der Waals surface area contributed by atoms with E-state index in [0.717, 1.165) is 25.7 Å². The first-order valence-electron chi connectivity index (χ1n) is 7.42. The van der Waals surface area contributed by atoms with E-state index in [1.165, 1.54) is 34.9 Å². The zero-order valence-corrected chi connectivity index (χ0v) is 14.3. The van der Waals surface area contributed by atoms with Gasteiger partial charge in [0.05, 0.1) is 28.5 Å². The largest absolute Gasteiger partial charge is 0.373 e. The third-order valence-corrected chi connectivity index (χ3v) is 5.20. The van der Waals surface area contributed by atoms with Crippen molar-refractivity contribution < 1.29 is 9.53 Å². The summed E-state index contributed by atoms with van der Waals surface area (Å²) in [6, 6.07) is 0. The van der Waals surface area contributed by atoms with Gasteiger partial charge in [-0.15, -0.1) is 0 Å². The van der Waals surface area contributed by atoms with Crippen molar-refractivity contribution in [3.05, 3.63) is 15.5 Å². The summed E-state index contributed by atoms with van der Waals surface area (Å²) in [5, 5.41) is 4.47. The Labute approximate surface area is 134 Å². The van der Waals surface area contributed by atoms with Gasteiger partial charge in [0.2, 0.25) is 0 Å². The molecule has 0 amide bonds. The van der Waals surface area contributed by atoms with Crippen LogP contribution >= 0.6 is 22.6 Å². The standard InChI is InChI=1S/C15H23IN2O2/c1-13-14(16)11-17-18(13)12-15(20-10-6-9-19)7-4-2-3-5-8-15/h9,11H,2-8,10,12H2,1H3. The topological polar surface area (TPSA) is 44.1 Å². The average Bonchev–Trinajstić information content (AvgIpc) is 2.66. The molecule has 0 aromatic carbocycles. The number of carbonyl (C=O) groups excluding carboxylic acids is 1. The van der Waals surface area contributed by atoms with Gasteiger partial charge in [0.15, 0.2) is 0 Å². The van der Waals surface area contributed by atoms with E-state index >= 15 is 0 Å². The van der Waals surface area contributed by atoms with Crippen LogP contribution in [0.4, 0.5) is 0 Å². The Bertz CT molecular complexity index is 437. The minimum atomic E-state index is -0.140. The van der Waals surface area contributed by atoms with Crippen molar-refractivity contribution in [2.45, 2.75) is 64.0 Å². The van der Waals surface area contributed by atoms with Gasteiger partial charge in [0, 0.05) is 12.1 Å². The molecule has 1 aliphatic carbocycles. The lowest BCUT2D eigenvalue weighted by Gasteiger charge is -2.33. The number of hydrogen-bond acceptors (Lipinski definition) is 3. The molecular formula is C15H23IN2O2. The maximum absolute atomic E-state index is 10.5. The van der Waals surface area contributed by atoms with E-state index in [4.69, 9.17) is 4.74 Å². The van der Waals surface area contributed by atoms with E-state index in [-0.39, 0.29) is 5.60 Å². The monoisotopic (exact) mass is 390 g/mol. The second-order valence-electron chi connectivity index (χ2n) is 5.64. The van der Waals surface area contributed by atoms with Gasteiger partial charge in [0.25, 0.3) is 0 Å². The number of nitrogens with zero attached hydrogens (tertiary/aromatic N) is 2. The van der Waals surface area contributed by atoms with E-state index in [0.29, 0.717) is 13.0 Å². The van der Waals surface area contributed by atoms with Crippen molar-refractivity contribution in [2.24, 2.45) is 0 Å². The van der Waals surface area contributed by atoms with Gasteiger partial charge >= 0.3 is 0 Å². The zero-order valence-electron chi connectivity index (χ0n) is 12.1. The second-order valence-corrected chi connectivity index (χ2v) is 6.80. The fourth-order valence-electron chi connectivity index (χ4n) is 2.90. The van der Waals surface area contributed by atoms with Gasteiger partial charge in [-0.05, 0) is 42.4 Å². The molecule has 2 rings (SSSR count). The quantitative estimate of drug-likeness (QED) is 0.323. The predicted molar refractivity (Wildman–Crippen MR) is 86.7 cm³/mol. The summed E-state index contributed by atoms with van der Waals surface area (Å²) in [7, 11) is 0. The summed E-state index contributed by atoms with van der Waals surface area (Å²) in [4.78, 5) is 10.5. The number of aldehydes is 1. The molecule has 1 aromatic rings. The van der Waals surface area contributed by atoms with Gasteiger partial charge in [-0.1, -0.05) is 25.7 Å². The van der Waals surface area contributed by atoms with Crippen LogP contribution in [0.25, 0.3) is 0 Å². The van der Waals surface area contributed by atoms with Crippen molar-refractivity contribution in [2.75, 3.05) is 6.61 Å². The minimum absolute atomic E-state index is 0.140. The van der Waals surface area contributed by atoms with Crippen molar-refractivity contribution in [3.8, 4) is 0 Å². The van der Waals surface area contributed by atoms with E-state index < -0.39 is 0 Å². The first-order chi connectivity index (χ1) is 9.67. The SMILES string of the molecule is Cc1c(I)cnn1CC1(OCCC=O)CCCCCC1. The molecule has 0 atom stereocenters. The molecule has 1 aromatic heterocycles. The molecule has 20 heavy (non-hydrogen) atoms. The molecule has 1 saturated carbocycles.